The van der Waals surface area contributed by atoms with E-state index in [9.17, 15) is 4.79 Å². The van der Waals surface area contributed by atoms with Crippen LogP contribution in [0.2, 0.25) is 0 Å². The maximum atomic E-state index is 12.2. The molecule has 25 heavy (non-hydrogen) atoms. The van der Waals surface area contributed by atoms with E-state index in [4.69, 9.17) is 14.6 Å². The van der Waals surface area contributed by atoms with Gasteiger partial charge in [-0.1, -0.05) is 18.2 Å². The van der Waals surface area contributed by atoms with Crippen molar-refractivity contribution in [2.24, 2.45) is 5.92 Å². The number of allylic oxidation sites excluding steroid dienone is 1. The number of hydrogen-bond donors (Lipinski definition) is 1. The summed E-state index contributed by atoms with van der Waals surface area (Å²) in [5.74, 6) is 1.61. The van der Waals surface area contributed by atoms with Gasteiger partial charge in [-0.15, -0.1) is 0 Å². The van der Waals surface area contributed by atoms with Crippen molar-refractivity contribution in [3.63, 3.8) is 0 Å². The van der Waals surface area contributed by atoms with E-state index < -0.39 is 5.60 Å². The Bertz CT molecular complexity index is 645. The summed E-state index contributed by atoms with van der Waals surface area (Å²) in [6.45, 7) is 7.44. The molecule has 1 aromatic carbocycles. The van der Waals surface area contributed by atoms with Crippen LogP contribution in [0.3, 0.4) is 0 Å². The zero-order valence-corrected chi connectivity index (χ0v) is 15.2. The second-order valence-corrected chi connectivity index (χ2v) is 7.78. The summed E-state index contributed by atoms with van der Waals surface area (Å²) in [6.07, 6.45) is 3.12. The van der Waals surface area contributed by atoms with Crippen molar-refractivity contribution in [2.75, 3.05) is 26.3 Å². The summed E-state index contributed by atoms with van der Waals surface area (Å²) >= 11 is 0. The largest absolute Gasteiger partial charge is 0.491 e. The van der Waals surface area contributed by atoms with E-state index >= 15 is 0 Å². The number of amides is 1. The molecule has 1 aliphatic carbocycles. The molecule has 3 rings (SSSR count). The maximum absolute atomic E-state index is 12.2. The molecule has 2 atom stereocenters. The van der Waals surface area contributed by atoms with Crippen LogP contribution in [0.15, 0.2) is 35.9 Å². The number of aliphatic hydroxyl groups is 1. The first-order valence-corrected chi connectivity index (χ1v) is 8.88. The van der Waals surface area contributed by atoms with Crippen LogP contribution in [0.4, 0.5) is 4.79 Å². The molecule has 2 unspecified atom stereocenters. The fourth-order valence-electron chi connectivity index (χ4n) is 3.52. The Morgan fingerprint density at radius 2 is 2.00 bits per heavy atom. The Hall–Kier alpha value is -2.01. The summed E-state index contributed by atoms with van der Waals surface area (Å²) < 4.78 is 10.9. The molecule has 1 aromatic rings. The normalized spacial score (nSPS) is 22.6. The number of nitrogens with zero attached hydrogens (tertiary/aromatic N) is 1. The molecule has 136 valence electrons. The zero-order chi connectivity index (χ0) is 18.0. The average molecular weight is 345 g/mol. The maximum Gasteiger partial charge on any atom is 0.410 e. The van der Waals surface area contributed by atoms with E-state index in [0.717, 1.165) is 18.7 Å². The van der Waals surface area contributed by atoms with E-state index in [-0.39, 0.29) is 12.7 Å². The van der Waals surface area contributed by atoms with Crippen LogP contribution in [0.5, 0.6) is 5.75 Å². The predicted octanol–water partition coefficient (Wildman–Crippen LogP) is 3.34. The minimum atomic E-state index is -0.453. The van der Waals surface area contributed by atoms with Crippen LogP contribution in [0.1, 0.15) is 38.7 Å². The van der Waals surface area contributed by atoms with Crippen molar-refractivity contribution in [1.82, 2.24) is 4.90 Å². The molecule has 1 saturated heterocycles. The number of aliphatic hydroxyl groups excluding tert-OH is 1. The van der Waals surface area contributed by atoms with Crippen molar-refractivity contribution in [1.29, 1.82) is 0 Å². The lowest BCUT2D eigenvalue weighted by atomic mass is 9.95. The van der Waals surface area contributed by atoms with Gasteiger partial charge in [0.2, 0.25) is 0 Å². The highest BCUT2D eigenvalue weighted by Crippen LogP contribution is 2.41. The van der Waals surface area contributed by atoms with Gasteiger partial charge < -0.3 is 19.5 Å². The molecule has 5 nitrogen and oxygen atoms in total. The van der Waals surface area contributed by atoms with Crippen LogP contribution in [-0.4, -0.2) is 48.0 Å². The smallest absolute Gasteiger partial charge is 0.410 e. The molecular formula is C20H27NO4. The van der Waals surface area contributed by atoms with E-state index in [1.54, 1.807) is 0 Å². The van der Waals surface area contributed by atoms with E-state index in [2.05, 4.69) is 18.2 Å². The highest BCUT2D eigenvalue weighted by atomic mass is 16.6. The van der Waals surface area contributed by atoms with E-state index in [0.29, 0.717) is 25.0 Å². The Labute approximate surface area is 149 Å². The van der Waals surface area contributed by atoms with Gasteiger partial charge in [0.15, 0.2) is 0 Å². The van der Waals surface area contributed by atoms with E-state index in [1.165, 1.54) is 11.1 Å². The minimum Gasteiger partial charge on any atom is -0.491 e. The number of carbonyl (C=O) groups is 1. The molecule has 1 aliphatic heterocycles. The van der Waals surface area contributed by atoms with E-state index in [1.807, 2.05) is 37.8 Å². The third-order valence-electron chi connectivity index (χ3n) is 4.61. The third kappa shape index (κ3) is 4.34. The molecule has 0 spiro atoms. The second-order valence-electron chi connectivity index (χ2n) is 7.78. The quantitative estimate of drug-likeness (QED) is 0.850. The first-order valence-electron chi connectivity index (χ1n) is 8.88. The summed E-state index contributed by atoms with van der Waals surface area (Å²) in [5.41, 5.74) is 2.16. The minimum absolute atomic E-state index is 0.0201. The molecule has 1 heterocycles. The van der Waals surface area contributed by atoms with Gasteiger partial charge in [0.1, 0.15) is 18.0 Å². The summed E-state index contributed by atoms with van der Waals surface area (Å²) in [7, 11) is 0. The van der Waals surface area contributed by atoms with Crippen molar-refractivity contribution in [3.8, 4) is 5.75 Å². The predicted molar refractivity (Wildman–Crippen MR) is 95.8 cm³/mol. The fourth-order valence-corrected chi connectivity index (χ4v) is 3.52. The SMILES string of the molecule is CC(C)(C)OC(=O)N1CC2=CC(c3ccc(OCCO)cc3)CC2C1. The zero-order valence-electron chi connectivity index (χ0n) is 15.2. The third-order valence-corrected chi connectivity index (χ3v) is 4.61. The molecule has 0 saturated carbocycles. The highest BCUT2D eigenvalue weighted by Gasteiger charge is 2.38. The number of rotatable bonds is 4. The highest BCUT2D eigenvalue weighted by molar-refractivity contribution is 5.69. The van der Waals surface area contributed by atoms with Crippen LogP contribution < -0.4 is 4.74 Å². The molecule has 1 amide bonds. The molecule has 2 aliphatic rings. The van der Waals surface area contributed by atoms with Gasteiger partial charge >= 0.3 is 6.09 Å². The van der Waals surface area contributed by atoms with Crippen molar-refractivity contribution >= 4 is 6.09 Å². The second kappa shape index (κ2) is 7.08. The van der Waals surface area contributed by atoms with Crippen LogP contribution in [0.25, 0.3) is 0 Å². The van der Waals surface area contributed by atoms with Gasteiger partial charge in [-0.25, -0.2) is 4.79 Å². The summed E-state index contributed by atoms with van der Waals surface area (Å²) in [6, 6.07) is 8.07. The average Bonchev–Trinajstić information content (AvgIpc) is 3.10. The first kappa shape index (κ1) is 17.8. The lowest BCUT2D eigenvalue weighted by molar-refractivity contribution is 0.0289. The van der Waals surface area contributed by atoms with Crippen molar-refractivity contribution < 1.29 is 19.4 Å². The van der Waals surface area contributed by atoms with Gasteiger partial charge in [0.05, 0.1) is 6.61 Å². The lowest BCUT2D eigenvalue weighted by Crippen LogP contribution is -2.35. The topological polar surface area (TPSA) is 59.0 Å². The number of fused-ring (bicyclic) bond motifs is 1. The van der Waals surface area contributed by atoms with Gasteiger partial charge in [-0.05, 0) is 50.5 Å². The van der Waals surface area contributed by atoms with Crippen LogP contribution >= 0.6 is 0 Å². The molecular weight excluding hydrogens is 318 g/mol. The number of benzene rings is 1. The Balaban J connectivity index is 1.60. The summed E-state index contributed by atoms with van der Waals surface area (Å²) in [5, 5.41) is 8.80. The number of ether oxygens (including phenoxy) is 2. The number of likely N-dealkylation sites (tertiary alicyclic amines) is 1. The van der Waals surface area contributed by atoms with Crippen LogP contribution in [0, 0.1) is 5.92 Å². The fraction of sp³-hybridized carbons (Fsp3) is 0.550. The van der Waals surface area contributed by atoms with Crippen molar-refractivity contribution in [2.45, 2.75) is 38.7 Å². The van der Waals surface area contributed by atoms with Gasteiger partial charge in [-0.3, -0.25) is 0 Å². The Morgan fingerprint density at radius 3 is 2.60 bits per heavy atom. The summed E-state index contributed by atoms with van der Waals surface area (Å²) in [4.78, 5) is 14.0. The Morgan fingerprint density at radius 1 is 1.28 bits per heavy atom. The van der Waals surface area contributed by atoms with Gasteiger partial charge in [-0.2, -0.15) is 0 Å². The molecule has 1 fully saturated rings. The monoisotopic (exact) mass is 345 g/mol. The standard InChI is InChI=1S/C20H27NO4/c1-20(2,3)25-19(23)21-12-16-10-15(11-17(16)13-21)14-4-6-18(7-5-14)24-9-8-22/h4-7,10,15,17,22H,8-9,11-13H2,1-3H3. The van der Waals surface area contributed by atoms with Crippen LogP contribution in [-0.2, 0) is 4.74 Å². The molecule has 1 N–H and O–H groups in total. The lowest BCUT2D eigenvalue weighted by Gasteiger charge is -2.24. The van der Waals surface area contributed by atoms with Gasteiger partial charge in [0, 0.05) is 24.9 Å². The van der Waals surface area contributed by atoms with Crippen molar-refractivity contribution in [3.05, 3.63) is 41.5 Å². The molecule has 0 aromatic heterocycles. The molecule has 5 heteroatoms. The molecule has 0 bridgehead atoms. The first-order chi connectivity index (χ1) is 11.9. The van der Waals surface area contributed by atoms with Gasteiger partial charge in [0.25, 0.3) is 0 Å². The molecule has 0 radical (unpaired) electrons. The Kier molecular flexibility index (Phi) is 5.04. The number of hydrogen-bond acceptors (Lipinski definition) is 4. The number of carbonyl (C=O) groups excluding carboxylic acids is 1.